The van der Waals surface area contributed by atoms with E-state index in [-0.39, 0.29) is 12.2 Å². The van der Waals surface area contributed by atoms with Crippen molar-refractivity contribution in [1.82, 2.24) is 0 Å². The normalized spacial score (nSPS) is 11.0. The van der Waals surface area contributed by atoms with Crippen molar-refractivity contribution in [3.8, 4) is 0 Å². The number of hydrogen-bond donors (Lipinski definition) is 0. The number of benzene rings is 1. The van der Waals surface area contributed by atoms with Crippen LogP contribution in [0.15, 0.2) is 30.9 Å². The Morgan fingerprint density at radius 3 is 2.50 bits per heavy atom. The Hall–Kier alpha value is -1.82. The lowest BCUT2D eigenvalue weighted by Crippen LogP contribution is -2.12. The fraction of sp³-hybridized carbons (Fsp3) is 0.231. The van der Waals surface area contributed by atoms with Gasteiger partial charge in [-0.15, -0.1) is 0 Å². The number of alkyl halides is 3. The molecule has 0 saturated carbocycles. The second kappa shape index (κ2) is 6.56. The van der Waals surface area contributed by atoms with Crippen molar-refractivity contribution in [2.75, 3.05) is 6.61 Å². The highest BCUT2D eigenvalue weighted by molar-refractivity contribution is 6.31. The molecule has 0 spiro atoms. The minimum absolute atomic E-state index is 0.0418. The fourth-order valence-electron chi connectivity index (χ4n) is 1.35. The SMILES string of the molecule is C=CCOC(=O)CC(=O)c1ccc(C(F)(F)F)c(Cl)c1. The Labute approximate surface area is 118 Å². The Bertz CT molecular complexity index is 538. The molecule has 0 aromatic heterocycles. The summed E-state index contributed by atoms with van der Waals surface area (Å²) in [5, 5.41) is -0.595. The van der Waals surface area contributed by atoms with Gasteiger partial charge in [-0.05, 0) is 12.1 Å². The van der Waals surface area contributed by atoms with Gasteiger partial charge >= 0.3 is 12.1 Å². The summed E-state index contributed by atoms with van der Waals surface area (Å²) in [6.45, 7) is 3.29. The number of esters is 1. The summed E-state index contributed by atoms with van der Waals surface area (Å²) < 4.78 is 42.0. The first-order valence-corrected chi connectivity index (χ1v) is 5.80. The Morgan fingerprint density at radius 1 is 1.35 bits per heavy atom. The van der Waals surface area contributed by atoms with Gasteiger partial charge in [0.15, 0.2) is 5.78 Å². The first-order chi connectivity index (χ1) is 9.25. The van der Waals surface area contributed by atoms with Crippen molar-refractivity contribution in [2.45, 2.75) is 12.6 Å². The van der Waals surface area contributed by atoms with Crippen LogP contribution in [0.4, 0.5) is 13.2 Å². The summed E-state index contributed by atoms with van der Waals surface area (Å²) >= 11 is 5.48. The van der Waals surface area contributed by atoms with Crippen LogP contribution in [0.25, 0.3) is 0 Å². The Balaban J connectivity index is 2.83. The second-order valence-corrected chi connectivity index (χ2v) is 4.17. The van der Waals surface area contributed by atoms with E-state index in [2.05, 4.69) is 11.3 Å². The van der Waals surface area contributed by atoms with Crippen molar-refractivity contribution in [3.63, 3.8) is 0 Å². The lowest BCUT2D eigenvalue weighted by atomic mass is 10.1. The number of carbonyl (C=O) groups is 2. The number of rotatable bonds is 5. The standard InChI is InChI=1S/C13H10ClF3O3/c1-2-5-20-12(19)7-11(18)8-3-4-9(10(14)6-8)13(15,16)17/h2-4,6H,1,5,7H2. The molecule has 7 heteroatoms. The zero-order chi connectivity index (χ0) is 15.3. The minimum atomic E-state index is -4.60. The molecule has 0 N–H and O–H groups in total. The quantitative estimate of drug-likeness (QED) is 0.361. The van der Waals surface area contributed by atoms with Gasteiger partial charge in [0.2, 0.25) is 0 Å². The molecule has 1 aromatic carbocycles. The van der Waals surface area contributed by atoms with E-state index in [1.54, 1.807) is 0 Å². The third kappa shape index (κ3) is 4.38. The average molecular weight is 307 g/mol. The van der Waals surface area contributed by atoms with Crippen LogP contribution >= 0.6 is 11.6 Å². The second-order valence-electron chi connectivity index (χ2n) is 3.76. The smallest absolute Gasteiger partial charge is 0.417 e. The predicted molar refractivity (Wildman–Crippen MR) is 66.6 cm³/mol. The maximum Gasteiger partial charge on any atom is 0.417 e. The number of ether oxygens (including phenoxy) is 1. The van der Waals surface area contributed by atoms with Crippen LogP contribution in [0.1, 0.15) is 22.3 Å². The zero-order valence-electron chi connectivity index (χ0n) is 10.2. The van der Waals surface area contributed by atoms with Crippen LogP contribution < -0.4 is 0 Å². The van der Waals surface area contributed by atoms with Crippen LogP contribution in [-0.2, 0) is 15.7 Å². The highest BCUT2D eigenvalue weighted by atomic mass is 35.5. The first kappa shape index (κ1) is 16.2. The number of Topliss-reactive ketones (excluding diaryl/α,β-unsaturated/α-hetero) is 1. The molecule has 0 unspecified atom stereocenters. The van der Waals surface area contributed by atoms with Crippen LogP contribution in [0.5, 0.6) is 0 Å². The highest BCUT2D eigenvalue weighted by Crippen LogP contribution is 2.35. The van der Waals surface area contributed by atoms with Crippen molar-refractivity contribution < 1.29 is 27.5 Å². The van der Waals surface area contributed by atoms with E-state index in [0.717, 1.165) is 12.1 Å². The van der Waals surface area contributed by atoms with Crippen molar-refractivity contribution >= 4 is 23.4 Å². The van der Waals surface area contributed by atoms with E-state index in [9.17, 15) is 22.8 Å². The van der Waals surface area contributed by atoms with Crippen LogP contribution in [0, 0.1) is 0 Å². The van der Waals surface area contributed by atoms with Gasteiger partial charge in [0.1, 0.15) is 13.0 Å². The fourth-order valence-corrected chi connectivity index (χ4v) is 1.64. The maximum atomic E-state index is 12.5. The average Bonchev–Trinajstić information content (AvgIpc) is 2.34. The van der Waals surface area contributed by atoms with Gasteiger partial charge in [0.25, 0.3) is 0 Å². The molecule has 0 amide bonds. The number of carbonyl (C=O) groups excluding carboxylic acids is 2. The zero-order valence-corrected chi connectivity index (χ0v) is 10.9. The molecule has 1 rings (SSSR count). The lowest BCUT2D eigenvalue weighted by molar-refractivity contribution is -0.141. The topological polar surface area (TPSA) is 43.4 Å². The van der Waals surface area contributed by atoms with E-state index in [0.29, 0.717) is 6.07 Å². The molecule has 0 heterocycles. The van der Waals surface area contributed by atoms with Gasteiger partial charge in [-0.25, -0.2) is 0 Å². The summed E-state index contributed by atoms with van der Waals surface area (Å²) in [5.74, 6) is -1.46. The first-order valence-electron chi connectivity index (χ1n) is 5.42. The summed E-state index contributed by atoms with van der Waals surface area (Å²) in [4.78, 5) is 22.9. The van der Waals surface area contributed by atoms with E-state index >= 15 is 0 Å². The summed E-state index contributed by atoms with van der Waals surface area (Å²) in [6, 6.07) is 2.55. The minimum Gasteiger partial charge on any atom is -0.461 e. The molecule has 0 radical (unpaired) electrons. The van der Waals surface area contributed by atoms with Crippen LogP contribution in [0.3, 0.4) is 0 Å². The predicted octanol–water partition coefficient (Wildman–Crippen LogP) is 3.66. The summed E-state index contributed by atoms with van der Waals surface area (Å²) in [5.41, 5.74) is -1.12. The van der Waals surface area contributed by atoms with Gasteiger partial charge in [-0.2, -0.15) is 13.2 Å². The molecule has 0 aliphatic rings. The van der Waals surface area contributed by atoms with E-state index in [1.807, 2.05) is 0 Å². The number of hydrogen-bond acceptors (Lipinski definition) is 3. The van der Waals surface area contributed by atoms with Gasteiger partial charge in [-0.1, -0.05) is 30.3 Å². The molecule has 0 saturated heterocycles. The molecule has 3 nitrogen and oxygen atoms in total. The molecule has 0 aliphatic carbocycles. The largest absolute Gasteiger partial charge is 0.461 e. The van der Waals surface area contributed by atoms with Gasteiger partial charge < -0.3 is 4.74 Å². The number of ketones is 1. The molecule has 108 valence electrons. The summed E-state index contributed by atoms with van der Waals surface area (Å²) in [7, 11) is 0. The number of halogens is 4. The Morgan fingerprint density at radius 2 is 2.00 bits per heavy atom. The molecule has 0 aliphatic heterocycles. The molecule has 0 bridgehead atoms. The molecule has 0 fully saturated rings. The lowest BCUT2D eigenvalue weighted by Gasteiger charge is -2.09. The molecular weight excluding hydrogens is 297 g/mol. The third-order valence-electron chi connectivity index (χ3n) is 2.26. The van der Waals surface area contributed by atoms with Gasteiger partial charge in [0, 0.05) is 5.56 Å². The van der Waals surface area contributed by atoms with Gasteiger partial charge in [0.05, 0.1) is 10.6 Å². The third-order valence-corrected chi connectivity index (χ3v) is 2.58. The van der Waals surface area contributed by atoms with E-state index in [1.165, 1.54) is 6.08 Å². The van der Waals surface area contributed by atoms with Crippen molar-refractivity contribution in [1.29, 1.82) is 0 Å². The molecule has 0 atom stereocenters. The maximum absolute atomic E-state index is 12.5. The summed E-state index contributed by atoms with van der Waals surface area (Å²) in [6.07, 6.45) is -3.84. The van der Waals surface area contributed by atoms with Crippen molar-refractivity contribution in [2.24, 2.45) is 0 Å². The highest BCUT2D eigenvalue weighted by Gasteiger charge is 2.33. The van der Waals surface area contributed by atoms with E-state index in [4.69, 9.17) is 11.6 Å². The monoisotopic (exact) mass is 306 g/mol. The molecule has 1 aromatic rings. The van der Waals surface area contributed by atoms with E-state index < -0.39 is 34.9 Å². The van der Waals surface area contributed by atoms with Gasteiger partial charge in [-0.3, -0.25) is 9.59 Å². The van der Waals surface area contributed by atoms with Crippen LogP contribution in [-0.4, -0.2) is 18.4 Å². The Kier molecular flexibility index (Phi) is 5.33. The molecule has 20 heavy (non-hydrogen) atoms. The van der Waals surface area contributed by atoms with Crippen LogP contribution in [0.2, 0.25) is 5.02 Å². The van der Waals surface area contributed by atoms with Crippen molar-refractivity contribution in [3.05, 3.63) is 47.0 Å². The molecular formula is C13H10ClF3O3.